The Kier molecular flexibility index (Phi) is 27.0. The molecule has 3 heterocycles. The van der Waals surface area contributed by atoms with Crippen LogP contribution in [-0.2, 0) is 63.7 Å². The van der Waals surface area contributed by atoms with Crippen LogP contribution in [0, 0.1) is 0 Å². The maximum atomic E-state index is 14.1. The Balaban J connectivity index is 1.40. The Hall–Kier alpha value is -4.80. The van der Waals surface area contributed by atoms with Gasteiger partial charge in [-0.3, -0.25) is 24.1 Å². The normalized spacial score (nSPS) is 30.4. The second-order valence-corrected chi connectivity index (χ2v) is 18.5. The van der Waals surface area contributed by atoms with Crippen LogP contribution < -0.4 is 26.6 Å². The molecule has 3 aliphatic rings. The van der Waals surface area contributed by atoms with Crippen molar-refractivity contribution in [3.05, 3.63) is 35.9 Å². The fraction of sp³-hybridized carbons (Fsp3) is 0.745. The number of aliphatic carboxylic acids is 1. The molecule has 17 atom stereocenters. The molecule has 1 aromatic carbocycles. The molecule has 5 amide bonds. The van der Waals surface area contributed by atoms with Gasteiger partial charge in [0.05, 0.1) is 57.3 Å². The first-order chi connectivity index (χ1) is 36.1. The van der Waals surface area contributed by atoms with Gasteiger partial charge in [0.25, 0.3) is 0 Å². The molecule has 3 fully saturated rings. The monoisotopic (exact) mass is 1090 g/mol. The molecule has 0 aliphatic carbocycles. The molecule has 4 rings (SSSR count). The Labute approximate surface area is 438 Å². The SMILES string of the molecule is C[C@@H]1O[C@@H](OCCNC(=O)CN(CC(=O)NCCO[C@@H]2O[C@@H](C)[C@@H](O)[C@@H](O)[C@@H]2O)[C@@H](CCCCNC(=O)CC[C@H](NC(=O)OCc2ccccc2)C(=O)O)C(=O)NCCO[C@@H]2O[C@@H](C)[C@@H](O)[C@@H](O)[C@@H]2O)[C@@H](O)[C@H](O)[C@@H]1O. The topological polar surface area (TPSA) is 433 Å². The van der Waals surface area contributed by atoms with E-state index in [4.69, 9.17) is 33.2 Å². The van der Waals surface area contributed by atoms with E-state index in [-0.39, 0.29) is 84.7 Å². The van der Waals surface area contributed by atoms with Gasteiger partial charge in [0.2, 0.25) is 23.6 Å². The van der Waals surface area contributed by atoms with Crippen molar-refractivity contribution < 1.29 is 113 Å². The van der Waals surface area contributed by atoms with Gasteiger partial charge in [-0.1, -0.05) is 30.3 Å². The van der Waals surface area contributed by atoms with Crippen molar-refractivity contribution in [2.24, 2.45) is 0 Å². The number of aliphatic hydroxyl groups is 9. The highest BCUT2D eigenvalue weighted by Gasteiger charge is 2.44. The van der Waals surface area contributed by atoms with Crippen LogP contribution in [0.25, 0.3) is 0 Å². The minimum absolute atomic E-state index is 0.0377. The molecule has 0 spiro atoms. The van der Waals surface area contributed by atoms with Crippen LogP contribution in [0.2, 0.25) is 0 Å². The number of aliphatic hydroxyl groups excluding tert-OH is 9. The molecule has 0 saturated carbocycles. The number of carbonyl (C=O) groups is 6. The first kappa shape index (κ1) is 63.7. The zero-order valence-corrected chi connectivity index (χ0v) is 42.5. The van der Waals surface area contributed by atoms with Crippen molar-refractivity contribution in [1.29, 1.82) is 0 Å². The van der Waals surface area contributed by atoms with Crippen molar-refractivity contribution in [2.75, 3.05) is 59.1 Å². The number of alkyl carbamates (subject to hydrolysis) is 1. The van der Waals surface area contributed by atoms with E-state index in [0.29, 0.717) is 5.56 Å². The van der Waals surface area contributed by atoms with E-state index in [2.05, 4.69) is 26.6 Å². The van der Waals surface area contributed by atoms with Gasteiger partial charge in [-0.25, -0.2) is 9.59 Å². The Morgan fingerprint density at radius 3 is 1.43 bits per heavy atom. The maximum Gasteiger partial charge on any atom is 0.408 e. The average Bonchev–Trinajstić information content (AvgIpc) is 3.39. The molecule has 3 aliphatic heterocycles. The van der Waals surface area contributed by atoms with Gasteiger partial charge >= 0.3 is 12.1 Å². The second kappa shape index (κ2) is 32.2. The van der Waals surface area contributed by atoms with E-state index in [1.165, 1.54) is 25.7 Å². The first-order valence-electron chi connectivity index (χ1n) is 25.0. The lowest BCUT2D eigenvalue weighted by molar-refractivity contribution is -0.292. The summed E-state index contributed by atoms with van der Waals surface area (Å²) in [6.07, 6.45) is -21.7. The number of rotatable bonds is 30. The molecule has 1 aromatic rings. The summed E-state index contributed by atoms with van der Waals surface area (Å²) in [7, 11) is 0. The van der Waals surface area contributed by atoms with Crippen LogP contribution in [-0.4, -0.2) is 255 Å². The Morgan fingerprint density at radius 1 is 0.553 bits per heavy atom. The van der Waals surface area contributed by atoms with Crippen molar-refractivity contribution in [1.82, 2.24) is 31.5 Å². The average molecular weight is 1090 g/mol. The van der Waals surface area contributed by atoms with Crippen LogP contribution in [0.4, 0.5) is 4.79 Å². The lowest BCUT2D eigenvalue weighted by atomic mass is 10.0. The zero-order chi connectivity index (χ0) is 56.1. The van der Waals surface area contributed by atoms with Gasteiger partial charge in [0, 0.05) is 32.6 Å². The third-order valence-corrected chi connectivity index (χ3v) is 12.6. The third-order valence-electron chi connectivity index (χ3n) is 12.6. The summed E-state index contributed by atoms with van der Waals surface area (Å²) in [6.45, 7) is 1.75. The second-order valence-electron chi connectivity index (χ2n) is 18.5. The number of amides is 5. The number of carbonyl (C=O) groups excluding carboxylic acids is 5. The van der Waals surface area contributed by atoms with Crippen molar-refractivity contribution in [2.45, 2.75) is 164 Å². The number of nitrogens with one attached hydrogen (secondary N) is 5. The van der Waals surface area contributed by atoms with Crippen LogP contribution in [0.15, 0.2) is 30.3 Å². The summed E-state index contributed by atoms with van der Waals surface area (Å²) >= 11 is 0. The number of unbranched alkanes of at least 4 members (excludes halogenated alkanes) is 1. The Bertz CT molecular complexity index is 1910. The van der Waals surface area contributed by atoms with Crippen molar-refractivity contribution in [3.8, 4) is 0 Å². The number of carboxylic acids is 1. The van der Waals surface area contributed by atoms with Crippen LogP contribution in [0.5, 0.6) is 0 Å². The molecule has 432 valence electrons. The van der Waals surface area contributed by atoms with E-state index < -0.39 is 153 Å². The van der Waals surface area contributed by atoms with Crippen molar-refractivity contribution in [3.63, 3.8) is 0 Å². The van der Waals surface area contributed by atoms with Gasteiger partial charge < -0.3 is 111 Å². The highest BCUT2D eigenvalue weighted by Crippen LogP contribution is 2.24. The Morgan fingerprint density at radius 2 is 0.987 bits per heavy atom. The van der Waals surface area contributed by atoms with E-state index >= 15 is 0 Å². The molecule has 0 radical (unpaired) electrons. The summed E-state index contributed by atoms with van der Waals surface area (Å²) in [6, 6.07) is 5.99. The number of benzene rings is 1. The summed E-state index contributed by atoms with van der Waals surface area (Å²) in [5.41, 5.74) is 0.675. The van der Waals surface area contributed by atoms with E-state index in [1.54, 1.807) is 30.3 Å². The predicted octanol–water partition coefficient (Wildman–Crippen LogP) is -6.02. The van der Waals surface area contributed by atoms with Gasteiger partial charge in [0.15, 0.2) is 18.9 Å². The lowest BCUT2D eigenvalue weighted by Crippen LogP contribution is -2.58. The fourth-order valence-electron chi connectivity index (χ4n) is 8.11. The largest absolute Gasteiger partial charge is 0.480 e. The molecule has 0 bridgehead atoms. The minimum atomic E-state index is -1.63. The number of carboxylic acid groups (broad SMARTS) is 1. The summed E-state index contributed by atoms with van der Waals surface area (Å²) in [4.78, 5) is 79.4. The van der Waals surface area contributed by atoms with Crippen LogP contribution in [0.1, 0.15) is 58.4 Å². The maximum absolute atomic E-state index is 14.1. The van der Waals surface area contributed by atoms with E-state index in [1.807, 2.05) is 0 Å². The first-order valence-corrected chi connectivity index (χ1v) is 25.0. The number of nitrogens with zero attached hydrogens (tertiary/aromatic N) is 1. The van der Waals surface area contributed by atoms with Crippen molar-refractivity contribution >= 4 is 35.7 Å². The fourth-order valence-corrected chi connectivity index (χ4v) is 8.11. The predicted molar refractivity (Wildman–Crippen MR) is 257 cm³/mol. The molecule has 76 heavy (non-hydrogen) atoms. The van der Waals surface area contributed by atoms with Gasteiger partial charge in [-0.2, -0.15) is 0 Å². The molecule has 3 saturated heterocycles. The molecule has 0 unspecified atom stereocenters. The highest BCUT2D eigenvalue weighted by atomic mass is 16.7. The van der Waals surface area contributed by atoms with Crippen LogP contribution in [0.3, 0.4) is 0 Å². The smallest absolute Gasteiger partial charge is 0.408 e. The molecule has 29 heteroatoms. The molecular weight excluding hydrogens is 1020 g/mol. The number of hydrogen-bond donors (Lipinski definition) is 15. The highest BCUT2D eigenvalue weighted by molar-refractivity contribution is 5.86. The number of hydrogen-bond acceptors (Lipinski definition) is 23. The molecule has 29 nitrogen and oxygen atoms in total. The zero-order valence-electron chi connectivity index (χ0n) is 42.5. The van der Waals surface area contributed by atoms with Gasteiger partial charge in [0.1, 0.15) is 67.6 Å². The van der Waals surface area contributed by atoms with Crippen LogP contribution >= 0.6 is 0 Å². The summed E-state index contributed by atoms with van der Waals surface area (Å²) in [5.74, 6) is -4.07. The van der Waals surface area contributed by atoms with E-state index in [0.717, 1.165) is 0 Å². The molecule has 15 N–H and O–H groups in total. The van der Waals surface area contributed by atoms with E-state index in [9.17, 15) is 79.8 Å². The quantitative estimate of drug-likeness (QED) is 0.0319. The minimum Gasteiger partial charge on any atom is -0.480 e. The lowest BCUT2D eigenvalue weighted by Gasteiger charge is -2.39. The van der Waals surface area contributed by atoms with Gasteiger partial charge in [-0.05, 0) is 52.0 Å². The summed E-state index contributed by atoms with van der Waals surface area (Å²) < 4.78 is 37.9. The molecule has 0 aromatic heterocycles. The number of ether oxygens (including phenoxy) is 7. The standard InChI is InChI=1S/C47H76N6O23/c1-24-33(57)36(60)39(63)44(74-24)70-18-15-49-31(55)21-53(22-32(56)50-16-19-71-45-40(64)37(61)34(58)25(2)75-45)29(42(66)51-17-20-72-46-41(65)38(62)35(59)26(3)76-46)11-7-8-14-48-30(54)13-12-28(43(67)68)52-47(69)73-23-27-9-5-4-6-10-27/h4-6,9-10,24-26,28-29,33-41,44-46,57-65H,7-8,11-23H2,1-3H3,(H,48,54)(H,49,55)(H,50,56)(H,51,66)(H,52,69)(H,67,68)/t24-,25-,26-,28-,29-,33+,34+,35+,36+,37+,38+,39-,40-,41-,44+,45+,46+/m0/s1. The molecular formula is C47H76N6O23. The third kappa shape index (κ3) is 20.2. The van der Waals surface area contributed by atoms with Gasteiger partial charge in [-0.15, -0.1) is 0 Å². The summed E-state index contributed by atoms with van der Waals surface area (Å²) in [5, 5.41) is 114.